The molecule has 0 aliphatic carbocycles. The topological polar surface area (TPSA) is 50.4 Å². The van der Waals surface area contributed by atoms with Gasteiger partial charge in [0.2, 0.25) is 5.91 Å². The Morgan fingerprint density at radius 2 is 2.47 bits per heavy atom. The van der Waals surface area contributed by atoms with Gasteiger partial charge in [-0.2, -0.15) is 0 Å². The van der Waals surface area contributed by atoms with E-state index in [2.05, 4.69) is 10.6 Å². The zero-order valence-corrected chi connectivity index (χ0v) is 9.45. The summed E-state index contributed by atoms with van der Waals surface area (Å²) in [6.45, 7) is 5.18. The number of nitrogens with one attached hydrogen (secondary N) is 2. The Kier molecular flexibility index (Phi) is 5.18. The van der Waals surface area contributed by atoms with Crippen LogP contribution in [0.5, 0.6) is 0 Å². The molecule has 1 amide bonds. The molecule has 0 aromatic rings. The lowest BCUT2D eigenvalue weighted by molar-refractivity contribution is -0.122. The highest BCUT2D eigenvalue weighted by Crippen LogP contribution is 2.08. The van der Waals surface area contributed by atoms with Gasteiger partial charge in [0.25, 0.3) is 0 Å². The summed E-state index contributed by atoms with van der Waals surface area (Å²) in [7, 11) is 0. The van der Waals surface area contributed by atoms with E-state index in [1.165, 1.54) is 0 Å². The SMILES string of the molecule is CCNC(=O)C(C)NCC1CCC=CO1. The predicted molar refractivity (Wildman–Crippen MR) is 59.4 cm³/mol. The Labute approximate surface area is 91.1 Å². The van der Waals surface area contributed by atoms with Gasteiger partial charge in [-0.15, -0.1) is 0 Å². The second-order valence-corrected chi connectivity index (χ2v) is 3.73. The number of allylic oxidation sites excluding steroid dienone is 1. The Morgan fingerprint density at radius 3 is 3.07 bits per heavy atom. The summed E-state index contributed by atoms with van der Waals surface area (Å²) in [4.78, 5) is 11.4. The lowest BCUT2D eigenvalue weighted by Gasteiger charge is -2.21. The fraction of sp³-hybridized carbons (Fsp3) is 0.727. The number of carbonyl (C=O) groups excluding carboxylic acids is 1. The summed E-state index contributed by atoms with van der Waals surface area (Å²) in [5.74, 6) is 0.0452. The zero-order chi connectivity index (χ0) is 11.1. The molecule has 0 radical (unpaired) electrons. The minimum atomic E-state index is -0.153. The van der Waals surface area contributed by atoms with Gasteiger partial charge in [-0.3, -0.25) is 4.79 Å². The standard InChI is InChI=1S/C11H20N2O2/c1-3-12-11(14)9(2)13-8-10-6-4-5-7-15-10/h5,7,9-10,13H,3-4,6,8H2,1-2H3,(H,12,14). The molecule has 15 heavy (non-hydrogen) atoms. The quantitative estimate of drug-likeness (QED) is 0.708. The maximum Gasteiger partial charge on any atom is 0.236 e. The van der Waals surface area contributed by atoms with Gasteiger partial charge in [-0.05, 0) is 32.8 Å². The molecule has 2 unspecified atom stereocenters. The van der Waals surface area contributed by atoms with Crippen molar-refractivity contribution in [1.82, 2.24) is 10.6 Å². The van der Waals surface area contributed by atoms with Gasteiger partial charge in [0.15, 0.2) is 0 Å². The molecule has 0 aromatic carbocycles. The van der Waals surface area contributed by atoms with E-state index in [0.717, 1.165) is 19.4 Å². The highest BCUT2D eigenvalue weighted by atomic mass is 16.5. The van der Waals surface area contributed by atoms with Gasteiger partial charge in [0.05, 0.1) is 12.3 Å². The van der Waals surface area contributed by atoms with Gasteiger partial charge < -0.3 is 15.4 Å². The first kappa shape index (κ1) is 12.0. The van der Waals surface area contributed by atoms with Crippen molar-refractivity contribution in [3.63, 3.8) is 0 Å². The fourth-order valence-corrected chi connectivity index (χ4v) is 1.46. The lowest BCUT2D eigenvalue weighted by Crippen LogP contribution is -2.45. The highest BCUT2D eigenvalue weighted by molar-refractivity contribution is 5.81. The Morgan fingerprint density at radius 1 is 1.67 bits per heavy atom. The van der Waals surface area contributed by atoms with Gasteiger partial charge in [-0.25, -0.2) is 0 Å². The summed E-state index contributed by atoms with van der Waals surface area (Å²) in [6.07, 6.45) is 6.04. The van der Waals surface area contributed by atoms with E-state index in [-0.39, 0.29) is 18.1 Å². The number of carbonyl (C=O) groups is 1. The molecule has 0 bridgehead atoms. The van der Waals surface area contributed by atoms with E-state index >= 15 is 0 Å². The molecule has 0 fully saturated rings. The molecule has 4 nitrogen and oxygen atoms in total. The van der Waals surface area contributed by atoms with Crippen LogP contribution in [0.25, 0.3) is 0 Å². The van der Waals surface area contributed by atoms with Crippen molar-refractivity contribution in [1.29, 1.82) is 0 Å². The zero-order valence-electron chi connectivity index (χ0n) is 9.45. The molecular formula is C11H20N2O2. The number of ether oxygens (including phenoxy) is 1. The third-order valence-corrected chi connectivity index (χ3v) is 2.42. The van der Waals surface area contributed by atoms with Crippen LogP contribution in [-0.2, 0) is 9.53 Å². The second-order valence-electron chi connectivity index (χ2n) is 3.73. The monoisotopic (exact) mass is 212 g/mol. The molecule has 86 valence electrons. The maximum atomic E-state index is 11.4. The molecule has 1 heterocycles. The molecular weight excluding hydrogens is 192 g/mol. The third-order valence-electron chi connectivity index (χ3n) is 2.42. The van der Waals surface area contributed by atoms with E-state index in [9.17, 15) is 4.79 Å². The Bertz CT molecular complexity index is 229. The summed E-state index contributed by atoms with van der Waals surface area (Å²) < 4.78 is 5.39. The van der Waals surface area contributed by atoms with E-state index in [4.69, 9.17) is 4.74 Å². The smallest absolute Gasteiger partial charge is 0.236 e. The number of likely N-dealkylation sites (N-methyl/N-ethyl adjacent to an activating group) is 1. The molecule has 0 spiro atoms. The van der Waals surface area contributed by atoms with Crippen molar-refractivity contribution in [3.05, 3.63) is 12.3 Å². The second kappa shape index (κ2) is 6.45. The molecule has 0 saturated carbocycles. The van der Waals surface area contributed by atoms with Gasteiger partial charge in [0.1, 0.15) is 6.10 Å². The molecule has 0 saturated heterocycles. The summed E-state index contributed by atoms with van der Waals surface area (Å²) in [6, 6.07) is -0.153. The molecule has 0 aromatic heterocycles. The van der Waals surface area contributed by atoms with Crippen LogP contribution in [0, 0.1) is 0 Å². The van der Waals surface area contributed by atoms with Gasteiger partial charge >= 0.3 is 0 Å². The summed E-state index contributed by atoms with van der Waals surface area (Å²) in [5, 5.41) is 5.94. The van der Waals surface area contributed by atoms with Crippen LogP contribution in [0.4, 0.5) is 0 Å². The van der Waals surface area contributed by atoms with Crippen LogP contribution in [0.3, 0.4) is 0 Å². The number of rotatable bonds is 5. The number of hydrogen-bond donors (Lipinski definition) is 2. The predicted octanol–water partition coefficient (Wildman–Crippen LogP) is 0.793. The largest absolute Gasteiger partial charge is 0.497 e. The first-order valence-electron chi connectivity index (χ1n) is 5.55. The normalized spacial score (nSPS) is 21.9. The first-order chi connectivity index (χ1) is 7.24. The average molecular weight is 212 g/mol. The lowest BCUT2D eigenvalue weighted by atomic mass is 10.1. The molecule has 4 heteroatoms. The average Bonchev–Trinajstić information content (AvgIpc) is 2.27. The van der Waals surface area contributed by atoms with Crippen molar-refractivity contribution in [2.24, 2.45) is 0 Å². The van der Waals surface area contributed by atoms with E-state index in [0.29, 0.717) is 6.54 Å². The summed E-state index contributed by atoms with van der Waals surface area (Å²) >= 11 is 0. The van der Waals surface area contributed by atoms with Crippen molar-refractivity contribution in [2.45, 2.75) is 38.8 Å². The number of hydrogen-bond acceptors (Lipinski definition) is 3. The highest BCUT2D eigenvalue weighted by Gasteiger charge is 2.15. The minimum Gasteiger partial charge on any atom is -0.497 e. The van der Waals surface area contributed by atoms with E-state index in [1.807, 2.05) is 19.9 Å². The van der Waals surface area contributed by atoms with Crippen molar-refractivity contribution < 1.29 is 9.53 Å². The third kappa shape index (κ3) is 4.34. The van der Waals surface area contributed by atoms with Crippen LogP contribution in [0.2, 0.25) is 0 Å². The number of amides is 1. The molecule has 1 aliphatic rings. The summed E-state index contributed by atoms with van der Waals surface area (Å²) in [5.41, 5.74) is 0. The van der Waals surface area contributed by atoms with Crippen LogP contribution < -0.4 is 10.6 Å². The van der Waals surface area contributed by atoms with Crippen molar-refractivity contribution in [2.75, 3.05) is 13.1 Å². The molecule has 2 atom stereocenters. The van der Waals surface area contributed by atoms with Crippen LogP contribution >= 0.6 is 0 Å². The molecule has 1 aliphatic heterocycles. The van der Waals surface area contributed by atoms with Gasteiger partial charge in [0, 0.05) is 13.1 Å². The van der Waals surface area contributed by atoms with Crippen LogP contribution in [-0.4, -0.2) is 31.1 Å². The first-order valence-corrected chi connectivity index (χ1v) is 5.55. The van der Waals surface area contributed by atoms with Gasteiger partial charge in [-0.1, -0.05) is 0 Å². The van der Waals surface area contributed by atoms with Crippen molar-refractivity contribution in [3.8, 4) is 0 Å². The van der Waals surface area contributed by atoms with E-state index < -0.39 is 0 Å². The van der Waals surface area contributed by atoms with E-state index in [1.54, 1.807) is 6.26 Å². The minimum absolute atomic E-state index is 0.0452. The van der Waals surface area contributed by atoms with Crippen LogP contribution in [0.15, 0.2) is 12.3 Å². The maximum absolute atomic E-state index is 11.4. The molecule has 2 N–H and O–H groups in total. The molecule has 1 rings (SSSR count). The Hall–Kier alpha value is -1.03. The Balaban J connectivity index is 2.18. The van der Waals surface area contributed by atoms with Crippen molar-refractivity contribution >= 4 is 5.91 Å². The fourth-order valence-electron chi connectivity index (χ4n) is 1.46. The van der Waals surface area contributed by atoms with Crippen LogP contribution in [0.1, 0.15) is 26.7 Å².